The lowest BCUT2D eigenvalue weighted by atomic mass is 9.88. The molecule has 0 bridgehead atoms. The molecule has 2 heterocycles. The Bertz CT molecular complexity index is 2060. The van der Waals surface area contributed by atoms with E-state index in [0.717, 1.165) is 54.6 Å². The predicted molar refractivity (Wildman–Crippen MR) is 247 cm³/mol. The van der Waals surface area contributed by atoms with Crippen LogP contribution >= 0.6 is 0 Å². The fourth-order valence-corrected chi connectivity index (χ4v) is 9.00. The molecular weight excluding hydrogens is 833 g/mol. The van der Waals surface area contributed by atoms with Crippen LogP contribution < -0.4 is 37.9 Å². The lowest BCUT2D eigenvalue weighted by Gasteiger charge is -2.38. The second kappa shape index (κ2) is 23.9. The molecule has 0 aliphatic carbocycles. The minimum atomic E-state index is -0.234. The molecule has 6 rings (SSSR count). The van der Waals surface area contributed by atoms with Crippen molar-refractivity contribution in [3.8, 4) is 46.0 Å². The van der Waals surface area contributed by atoms with Gasteiger partial charge in [-0.1, -0.05) is 12.1 Å². The number of esters is 2. The van der Waals surface area contributed by atoms with Crippen LogP contribution in [0.15, 0.2) is 60.7 Å². The molecule has 14 heteroatoms. The first-order valence-corrected chi connectivity index (χ1v) is 22.4. The molecule has 2 aliphatic heterocycles. The summed E-state index contributed by atoms with van der Waals surface area (Å²) in [5, 5.41) is 0. The van der Waals surface area contributed by atoms with Gasteiger partial charge in [-0.25, -0.2) is 0 Å². The van der Waals surface area contributed by atoms with E-state index in [1.165, 1.54) is 11.1 Å². The van der Waals surface area contributed by atoms with Crippen LogP contribution in [0.3, 0.4) is 0 Å². The highest BCUT2D eigenvalue weighted by Crippen LogP contribution is 2.42. The molecule has 65 heavy (non-hydrogen) atoms. The van der Waals surface area contributed by atoms with Gasteiger partial charge in [0.2, 0.25) is 0 Å². The normalized spacial score (nSPS) is 15.8. The van der Waals surface area contributed by atoms with Gasteiger partial charge >= 0.3 is 11.9 Å². The zero-order valence-corrected chi connectivity index (χ0v) is 39.3. The van der Waals surface area contributed by atoms with Gasteiger partial charge in [0, 0.05) is 38.3 Å². The maximum absolute atomic E-state index is 13.0. The van der Waals surface area contributed by atoms with Crippen LogP contribution in [0.1, 0.15) is 77.6 Å². The van der Waals surface area contributed by atoms with Gasteiger partial charge in [0.05, 0.1) is 82.9 Å². The molecule has 14 nitrogen and oxygen atoms in total. The summed E-state index contributed by atoms with van der Waals surface area (Å²) >= 11 is 0. The molecule has 0 radical (unpaired) electrons. The highest BCUT2D eigenvalue weighted by molar-refractivity contribution is 5.70. The number of hydrogen-bond donors (Lipinski definition) is 0. The van der Waals surface area contributed by atoms with Crippen molar-refractivity contribution in [3.05, 3.63) is 94.0 Å². The molecule has 0 amide bonds. The summed E-state index contributed by atoms with van der Waals surface area (Å²) in [5.74, 6) is 4.96. The molecule has 4 aromatic carbocycles. The number of methoxy groups -OCH3 is 8. The van der Waals surface area contributed by atoms with E-state index in [1.54, 1.807) is 56.9 Å². The van der Waals surface area contributed by atoms with Gasteiger partial charge in [-0.05, 0) is 127 Å². The van der Waals surface area contributed by atoms with Crippen LogP contribution in [0.5, 0.6) is 46.0 Å². The predicted octanol–water partition coefficient (Wildman–Crippen LogP) is 7.78. The zero-order valence-electron chi connectivity index (χ0n) is 39.3. The number of rotatable bonds is 24. The molecule has 2 atom stereocenters. The number of hydrogen-bond acceptors (Lipinski definition) is 14. The maximum Gasteiger partial charge on any atom is 0.307 e. The molecule has 0 unspecified atom stereocenters. The van der Waals surface area contributed by atoms with Gasteiger partial charge in [-0.3, -0.25) is 19.4 Å². The first-order valence-electron chi connectivity index (χ1n) is 22.4. The highest BCUT2D eigenvalue weighted by atomic mass is 16.5. The smallest absolute Gasteiger partial charge is 0.307 e. The zero-order chi connectivity index (χ0) is 46.3. The van der Waals surface area contributed by atoms with Crippen LogP contribution in [0.4, 0.5) is 0 Å². The van der Waals surface area contributed by atoms with E-state index in [2.05, 4.69) is 34.1 Å². The number of benzene rings is 4. The van der Waals surface area contributed by atoms with E-state index in [0.29, 0.717) is 98.0 Å². The highest BCUT2D eigenvalue weighted by Gasteiger charge is 2.32. The SMILES string of the molecule is COc1ccc(C[C@@H]2c3cc(OC)c(OC)cc3CCN2CCC(=O)OCCCCCOC(=O)CCN2CCc3cc(OC)c(OC)cc3[C@H]2Cc2ccc(OC)c(OC)c2)cc1OC. The molecule has 352 valence electrons. The summed E-state index contributed by atoms with van der Waals surface area (Å²) in [5.41, 5.74) is 6.86. The van der Waals surface area contributed by atoms with E-state index >= 15 is 0 Å². The van der Waals surface area contributed by atoms with Crippen LogP contribution in [0.25, 0.3) is 0 Å². The van der Waals surface area contributed by atoms with Crippen LogP contribution in [-0.2, 0) is 44.7 Å². The Balaban J connectivity index is 0.957. The van der Waals surface area contributed by atoms with E-state index in [-0.39, 0.29) is 36.9 Å². The Labute approximate surface area is 383 Å². The number of ether oxygens (including phenoxy) is 10. The molecule has 0 saturated carbocycles. The van der Waals surface area contributed by atoms with Gasteiger partial charge < -0.3 is 47.4 Å². The van der Waals surface area contributed by atoms with Crippen molar-refractivity contribution in [1.29, 1.82) is 0 Å². The Kier molecular flexibility index (Phi) is 17.9. The number of carbonyl (C=O) groups is 2. The minimum absolute atomic E-state index is 0.0112. The van der Waals surface area contributed by atoms with Crippen LogP contribution in [0, 0.1) is 0 Å². The number of fused-ring (bicyclic) bond motifs is 2. The molecular formula is C51H66N2O12. The lowest BCUT2D eigenvalue weighted by Crippen LogP contribution is -2.38. The van der Waals surface area contributed by atoms with E-state index in [1.807, 2.05) is 36.4 Å². The lowest BCUT2D eigenvalue weighted by molar-refractivity contribution is -0.144. The third-order valence-electron chi connectivity index (χ3n) is 12.5. The molecule has 2 aliphatic rings. The van der Waals surface area contributed by atoms with Crippen molar-refractivity contribution in [2.75, 3.05) is 96.3 Å². The first kappa shape index (κ1) is 48.6. The van der Waals surface area contributed by atoms with Crippen molar-refractivity contribution in [2.45, 2.75) is 69.9 Å². The molecule has 0 fully saturated rings. The van der Waals surface area contributed by atoms with Gasteiger partial charge in [0.15, 0.2) is 46.0 Å². The standard InChI is InChI=1S/C51H66N2O12/c1-56-42-14-12-34(28-44(42)58-3)26-40-38-32-48(62-7)46(60-5)30-36(38)16-20-52(40)22-18-50(54)64-24-10-9-11-25-65-51(55)19-23-53-21-17-37-31-47(61-6)49(63-8)33-39(37)41(53)27-35-13-15-43(57-2)45(29-35)59-4/h12-15,28-33,40-41H,9-11,16-27H2,1-8H3/t40-,41-/m1/s1. The number of nitrogens with zero attached hydrogens (tertiary/aromatic N) is 2. The van der Waals surface area contributed by atoms with E-state index in [9.17, 15) is 9.59 Å². The fraction of sp³-hybridized carbons (Fsp3) is 0.490. The van der Waals surface area contributed by atoms with Gasteiger partial charge in [-0.15, -0.1) is 0 Å². The molecule has 0 aromatic heterocycles. The third-order valence-corrected chi connectivity index (χ3v) is 12.5. The third kappa shape index (κ3) is 12.3. The van der Waals surface area contributed by atoms with E-state index < -0.39 is 0 Å². The monoisotopic (exact) mass is 898 g/mol. The fourth-order valence-electron chi connectivity index (χ4n) is 9.00. The molecule has 0 saturated heterocycles. The van der Waals surface area contributed by atoms with Gasteiger partial charge in [-0.2, -0.15) is 0 Å². The van der Waals surface area contributed by atoms with Gasteiger partial charge in [0.25, 0.3) is 0 Å². The topological polar surface area (TPSA) is 133 Å². The van der Waals surface area contributed by atoms with Crippen LogP contribution in [0.2, 0.25) is 0 Å². The second-order valence-electron chi connectivity index (χ2n) is 16.2. The van der Waals surface area contributed by atoms with Crippen molar-refractivity contribution in [1.82, 2.24) is 9.80 Å². The molecule has 0 spiro atoms. The summed E-state index contributed by atoms with van der Waals surface area (Å²) in [6.45, 7) is 3.29. The van der Waals surface area contributed by atoms with Crippen LogP contribution in [-0.4, -0.2) is 118 Å². The average Bonchev–Trinajstić information content (AvgIpc) is 3.34. The van der Waals surface area contributed by atoms with Crippen molar-refractivity contribution < 1.29 is 57.0 Å². The summed E-state index contributed by atoms with van der Waals surface area (Å²) in [4.78, 5) is 30.7. The van der Waals surface area contributed by atoms with E-state index in [4.69, 9.17) is 47.4 Å². The average molecular weight is 899 g/mol. The van der Waals surface area contributed by atoms with Gasteiger partial charge in [0.1, 0.15) is 0 Å². The van der Waals surface area contributed by atoms with Crippen molar-refractivity contribution >= 4 is 11.9 Å². The Morgan fingerprint density at radius 3 is 1.18 bits per heavy atom. The molecule has 0 N–H and O–H groups in total. The maximum atomic E-state index is 13.0. The largest absolute Gasteiger partial charge is 0.493 e. The summed E-state index contributed by atoms with van der Waals surface area (Å²) in [6, 6.07) is 20.2. The number of unbranched alkanes of at least 4 members (excludes halogenated alkanes) is 2. The Morgan fingerprint density at radius 1 is 0.462 bits per heavy atom. The quantitative estimate of drug-likeness (QED) is 0.0501. The number of carbonyl (C=O) groups excluding carboxylic acids is 2. The molecule has 4 aromatic rings. The summed E-state index contributed by atoms with van der Waals surface area (Å²) < 4.78 is 56.1. The summed E-state index contributed by atoms with van der Waals surface area (Å²) in [6.07, 6.45) is 5.69. The first-order chi connectivity index (χ1) is 31.7. The Hall–Kier alpha value is -5.86. The summed E-state index contributed by atoms with van der Waals surface area (Å²) in [7, 11) is 13.1. The Morgan fingerprint density at radius 2 is 0.815 bits per heavy atom. The van der Waals surface area contributed by atoms with Crippen molar-refractivity contribution in [2.24, 2.45) is 0 Å². The minimum Gasteiger partial charge on any atom is -0.493 e. The van der Waals surface area contributed by atoms with Crippen molar-refractivity contribution in [3.63, 3.8) is 0 Å². The second-order valence-corrected chi connectivity index (χ2v) is 16.2.